The van der Waals surface area contributed by atoms with E-state index >= 15 is 0 Å². The predicted octanol–water partition coefficient (Wildman–Crippen LogP) is 0.389. The zero-order valence-electron chi connectivity index (χ0n) is 12.6. The van der Waals surface area contributed by atoms with E-state index in [-0.39, 0.29) is 23.7 Å². The van der Waals surface area contributed by atoms with Crippen LogP contribution in [0.1, 0.15) is 18.0 Å². The van der Waals surface area contributed by atoms with E-state index in [4.69, 9.17) is 0 Å². The molecule has 3 N–H and O–H groups in total. The summed E-state index contributed by atoms with van der Waals surface area (Å²) in [6.45, 7) is 1.77. The Morgan fingerprint density at radius 2 is 2.39 bits per heavy atom. The topological polar surface area (TPSA) is 83.9 Å². The van der Waals surface area contributed by atoms with E-state index in [0.29, 0.717) is 19.6 Å². The molecule has 2 atom stereocenters. The van der Waals surface area contributed by atoms with Crippen LogP contribution < -0.4 is 16.2 Å². The maximum atomic E-state index is 13.4. The first-order valence-corrected chi connectivity index (χ1v) is 7.60. The molecule has 1 aliphatic heterocycles. The van der Waals surface area contributed by atoms with Crippen LogP contribution in [0, 0.1) is 11.7 Å². The van der Waals surface area contributed by atoms with Crippen LogP contribution in [-0.2, 0) is 11.3 Å². The number of halogens is 1. The summed E-state index contributed by atoms with van der Waals surface area (Å²) in [4.78, 5) is 12.4. The summed E-state index contributed by atoms with van der Waals surface area (Å²) >= 11 is 0. The van der Waals surface area contributed by atoms with E-state index < -0.39 is 0 Å². The third-order valence-corrected chi connectivity index (χ3v) is 3.86. The zero-order chi connectivity index (χ0) is 16.1. The maximum absolute atomic E-state index is 13.4. The molecule has 1 aromatic heterocycles. The van der Waals surface area contributed by atoms with Gasteiger partial charge < -0.3 is 5.32 Å². The van der Waals surface area contributed by atoms with Gasteiger partial charge in [-0.1, -0.05) is 17.3 Å². The molecule has 1 amide bonds. The number of carbonyl (C=O) groups excluding carboxylic acids is 1. The fraction of sp³-hybridized carbons (Fsp3) is 0.400. The Morgan fingerprint density at radius 1 is 1.48 bits per heavy atom. The van der Waals surface area contributed by atoms with Gasteiger partial charge in [0.25, 0.3) is 0 Å². The lowest BCUT2D eigenvalue weighted by Gasteiger charge is -2.18. The highest BCUT2D eigenvalue weighted by Gasteiger charge is 2.33. The number of benzene rings is 1. The van der Waals surface area contributed by atoms with Crippen molar-refractivity contribution >= 4 is 5.91 Å². The second kappa shape index (κ2) is 7.30. The second-order valence-corrected chi connectivity index (χ2v) is 5.48. The van der Waals surface area contributed by atoms with E-state index in [0.717, 1.165) is 12.0 Å². The molecular weight excluding hydrogens is 299 g/mol. The molecule has 3 rings (SSSR count). The first kappa shape index (κ1) is 15.6. The number of rotatable bonds is 6. The minimum atomic E-state index is -0.303. The number of hydrogen-bond donors (Lipinski definition) is 3. The monoisotopic (exact) mass is 318 g/mol. The summed E-state index contributed by atoms with van der Waals surface area (Å²) in [7, 11) is 0. The van der Waals surface area contributed by atoms with Crippen molar-refractivity contribution in [3.63, 3.8) is 0 Å². The highest BCUT2D eigenvalue weighted by atomic mass is 19.1. The number of carbonyl (C=O) groups is 1. The first-order valence-electron chi connectivity index (χ1n) is 7.60. The molecule has 0 bridgehead atoms. The Labute approximate surface area is 133 Å². The van der Waals surface area contributed by atoms with Crippen LogP contribution >= 0.6 is 0 Å². The number of nitrogens with one attached hydrogen (secondary N) is 3. The highest BCUT2D eigenvalue weighted by molar-refractivity contribution is 5.80. The molecule has 2 unspecified atom stereocenters. The van der Waals surface area contributed by atoms with Gasteiger partial charge >= 0.3 is 0 Å². The maximum Gasteiger partial charge on any atom is 0.226 e. The van der Waals surface area contributed by atoms with Crippen molar-refractivity contribution in [3.05, 3.63) is 48.0 Å². The molecule has 8 heteroatoms. The van der Waals surface area contributed by atoms with E-state index in [1.807, 2.05) is 6.07 Å². The van der Waals surface area contributed by atoms with Gasteiger partial charge in [-0.25, -0.2) is 9.82 Å². The van der Waals surface area contributed by atoms with E-state index in [9.17, 15) is 9.18 Å². The van der Waals surface area contributed by atoms with Crippen LogP contribution in [0.2, 0.25) is 0 Å². The smallest absolute Gasteiger partial charge is 0.226 e. The number of aryl methyl sites for hydroxylation is 1. The predicted molar refractivity (Wildman–Crippen MR) is 81.4 cm³/mol. The van der Waals surface area contributed by atoms with Gasteiger partial charge in [0.1, 0.15) is 5.82 Å². The molecule has 0 radical (unpaired) electrons. The van der Waals surface area contributed by atoms with Crippen molar-refractivity contribution in [2.45, 2.75) is 19.0 Å². The van der Waals surface area contributed by atoms with Crippen LogP contribution in [-0.4, -0.2) is 34.0 Å². The Balaban J connectivity index is 1.51. The third kappa shape index (κ3) is 3.91. The minimum Gasteiger partial charge on any atom is -0.356 e. The highest BCUT2D eigenvalue weighted by Crippen LogP contribution is 2.25. The number of hydrogen-bond acceptors (Lipinski definition) is 5. The van der Waals surface area contributed by atoms with Gasteiger partial charge in [-0.05, 0) is 24.1 Å². The molecular formula is C15H19FN6O. The lowest BCUT2D eigenvalue weighted by atomic mass is 9.94. The quantitative estimate of drug-likeness (QED) is 0.671. The molecule has 0 saturated carbocycles. The molecule has 1 saturated heterocycles. The summed E-state index contributed by atoms with van der Waals surface area (Å²) in [6, 6.07) is 6.08. The Hall–Kier alpha value is -2.32. The lowest BCUT2D eigenvalue weighted by Crippen LogP contribution is -2.35. The normalized spacial score (nSPS) is 20.6. The van der Waals surface area contributed by atoms with Crippen LogP contribution in [0.3, 0.4) is 0 Å². The van der Waals surface area contributed by atoms with Gasteiger partial charge in [-0.15, -0.1) is 5.10 Å². The summed E-state index contributed by atoms with van der Waals surface area (Å²) in [5.74, 6) is -0.623. The molecule has 2 heterocycles. The lowest BCUT2D eigenvalue weighted by molar-refractivity contribution is -0.124. The molecule has 7 nitrogen and oxygen atoms in total. The zero-order valence-corrected chi connectivity index (χ0v) is 12.6. The third-order valence-electron chi connectivity index (χ3n) is 3.86. The average Bonchev–Trinajstić information content (AvgIpc) is 3.22. The van der Waals surface area contributed by atoms with Crippen molar-refractivity contribution in [1.29, 1.82) is 0 Å². The van der Waals surface area contributed by atoms with Crippen molar-refractivity contribution in [3.8, 4) is 0 Å². The molecule has 2 aromatic rings. The van der Waals surface area contributed by atoms with Crippen LogP contribution in [0.5, 0.6) is 0 Å². The van der Waals surface area contributed by atoms with Gasteiger partial charge in [-0.2, -0.15) is 0 Å². The minimum absolute atomic E-state index is 0.0460. The number of amides is 1. The summed E-state index contributed by atoms with van der Waals surface area (Å²) < 4.78 is 15.1. The number of nitrogens with zero attached hydrogens (tertiary/aromatic N) is 3. The molecule has 0 aliphatic carbocycles. The number of hydrazine groups is 1. The Bertz CT molecular complexity index is 647. The SMILES string of the molecule is O=C(NCCCn1ccnn1)C1CNNC1c1cccc(F)c1. The fourth-order valence-corrected chi connectivity index (χ4v) is 2.69. The summed E-state index contributed by atoms with van der Waals surface area (Å²) in [5.41, 5.74) is 6.78. The van der Waals surface area contributed by atoms with Crippen molar-refractivity contribution in [2.75, 3.05) is 13.1 Å². The largest absolute Gasteiger partial charge is 0.356 e. The Kier molecular flexibility index (Phi) is 4.94. The fourth-order valence-electron chi connectivity index (χ4n) is 2.69. The average molecular weight is 318 g/mol. The van der Waals surface area contributed by atoms with Gasteiger partial charge in [0, 0.05) is 25.8 Å². The van der Waals surface area contributed by atoms with Crippen LogP contribution in [0.15, 0.2) is 36.7 Å². The molecule has 122 valence electrons. The standard InChI is InChI=1S/C15H19FN6O/c16-12-4-1-3-11(9-12)14-13(10-19-20-14)15(23)17-5-2-7-22-8-6-18-21-22/h1,3-4,6,8-9,13-14,19-20H,2,5,7,10H2,(H,17,23). The van der Waals surface area contributed by atoms with E-state index in [1.165, 1.54) is 12.1 Å². The molecule has 23 heavy (non-hydrogen) atoms. The molecule has 1 aromatic carbocycles. The summed E-state index contributed by atoms with van der Waals surface area (Å²) in [5, 5.41) is 10.5. The molecule has 1 aliphatic rings. The Morgan fingerprint density at radius 3 is 3.17 bits per heavy atom. The van der Waals surface area contributed by atoms with Crippen molar-refractivity contribution < 1.29 is 9.18 Å². The van der Waals surface area contributed by atoms with Crippen molar-refractivity contribution in [1.82, 2.24) is 31.2 Å². The second-order valence-electron chi connectivity index (χ2n) is 5.48. The van der Waals surface area contributed by atoms with Gasteiger partial charge in [0.2, 0.25) is 5.91 Å². The first-order chi connectivity index (χ1) is 11.2. The molecule has 1 fully saturated rings. The van der Waals surface area contributed by atoms with Crippen molar-refractivity contribution in [2.24, 2.45) is 5.92 Å². The number of aromatic nitrogens is 3. The van der Waals surface area contributed by atoms with Crippen LogP contribution in [0.25, 0.3) is 0 Å². The van der Waals surface area contributed by atoms with Gasteiger partial charge in [-0.3, -0.25) is 14.9 Å². The van der Waals surface area contributed by atoms with E-state index in [1.54, 1.807) is 23.1 Å². The van der Waals surface area contributed by atoms with Crippen LogP contribution in [0.4, 0.5) is 4.39 Å². The van der Waals surface area contributed by atoms with E-state index in [2.05, 4.69) is 26.5 Å². The summed E-state index contributed by atoms with van der Waals surface area (Å²) in [6.07, 6.45) is 4.18. The molecule has 0 spiro atoms. The van der Waals surface area contributed by atoms with Gasteiger partial charge in [0.05, 0.1) is 18.2 Å². The van der Waals surface area contributed by atoms with Gasteiger partial charge in [0.15, 0.2) is 0 Å².